The molecule has 2 rings (SSSR count). The van der Waals surface area contributed by atoms with E-state index in [0.717, 1.165) is 17.5 Å². The Balaban J connectivity index is 2.42. The molecule has 0 aromatic heterocycles. The van der Waals surface area contributed by atoms with Crippen LogP contribution in [0.4, 0.5) is 4.79 Å². The highest BCUT2D eigenvalue weighted by molar-refractivity contribution is 7.98. The Morgan fingerprint density at radius 2 is 1.71 bits per heavy atom. The zero-order valence-corrected chi connectivity index (χ0v) is 23.6. The van der Waals surface area contributed by atoms with Crippen LogP contribution in [0.25, 0.3) is 0 Å². The molecule has 2 N–H and O–H groups in total. The highest BCUT2D eigenvalue weighted by Crippen LogP contribution is 2.24. The number of nitriles is 1. The number of hydrogen-bond acceptors (Lipinski definition) is 6. The monoisotopic (exact) mass is 538 g/mol. The van der Waals surface area contributed by atoms with Gasteiger partial charge in [-0.25, -0.2) is 4.79 Å². The van der Waals surface area contributed by atoms with E-state index in [1.54, 1.807) is 32.9 Å². The number of thioether (sulfide) groups is 1. The Hall–Kier alpha value is -3.51. The molecule has 0 spiro atoms. The number of carbonyl (C=O) groups is 3. The lowest BCUT2D eigenvalue weighted by Gasteiger charge is -2.33. The standard InChI is InChI=1S/C29H38N4O4S/c1-6-21-12-14-23(15-13-21)25(26(34)31-20-22-10-8-7-9-11-22)33(18-17-30)27(35)24(16-19-38-5)32-28(36)37-29(2,3)4/h7-15,24-25H,6,16,18-20H2,1-5H3,(H,31,34)(H,32,36). The number of nitrogens with one attached hydrogen (secondary N) is 2. The molecule has 3 amide bonds. The summed E-state index contributed by atoms with van der Waals surface area (Å²) in [5.74, 6) is -0.351. The minimum Gasteiger partial charge on any atom is -0.444 e. The maximum Gasteiger partial charge on any atom is 0.408 e. The fourth-order valence-corrected chi connectivity index (χ4v) is 4.28. The van der Waals surface area contributed by atoms with Crippen LogP contribution in [0.2, 0.25) is 0 Å². The molecule has 2 unspecified atom stereocenters. The molecule has 9 heteroatoms. The molecule has 2 aromatic rings. The average molecular weight is 539 g/mol. The van der Waals surface area contributed by atoms with Crippen LogP contribution in [0.5, 0.6) is 0 Å². The van der Waals surface area contributed by atoms with Crippen LogP contribution >= 0.6 is 11.8 Å². The number of nitrogens with zero attached hydrogens (tertiary/aromatic N) is 2. The SMILES string of the molecule is CCc1ccc(C(C(=O)NCc2ccccc2)N(CC#N)C(=O)C(CCSC)NC(=O)OC(C)(C)C)cc1. The number of aryl methyl sites for hydroxylation is 1. The van der Waals surface area contributed by atoms with Gasteiger partial charge in [0.2, 0.25) is 11.8 Å². The summed E-state index contributed by atoms with van der Waals surface area (Å²) in [5.41, 5.74) is 1.82. The van der Waals surface area contributed by atoms with Crippen LogP contribution in [0.3, 0.4) is 0 Å². The van der Waals surface area contributed by atoms with Crippen molar-refractivity contribution < 1.29 is 19.1 Å². The Morgan fingerprint density at radius 1 is 1.05 bits per heavy atom. The summed E-state index contributed by atoms with van der Waals surface area (Å²) < 4.78 is 5.37. The molecule has 204 valence electrons. The molecule has 0 saturated heterocycles. The second kappa shape index (κ2) is 15.0. The van der Waals surface area contributed by atoms with Crippen molar-refractivity contribution in [2.24, 2.45) is 0 Å². The van der Waals surface area contributed by atoms with E-state index in [-0.39, 0.29) is 13.1 Å². The van der Waals surface area contributed by atoms with Gasteiger partial charge in [-0.2, -0.15) is 17.0 Å². The number of ether oxygens (including phenoxy) is 1. The molecule has 0 bridgehead atoms. The van der Waals surface area contributed by atoms with Crippen molar-refractivity contribution in [3.05, 3.63) is 71.3 Å². The summed E-state index contributed by atoms with van der Waals surface area (Å²) in [4.78, 5) is 41.3. The van der Waals surface area contributed by atoms with Gasteiger partial charge in [-0.3, -0.25) is 9.59 Å². The van der Waals surface area contributed by atoms with Crippen LogP contribution in [-0.2, 0) is 27.3 Å². The zero-order valence-electron chi connectivity index (χ0n) is 22.8. The van der Waals surface area contributed by atoms with E-state index in [0.29, 0.717) is 17.7 Å². The highest BCUT2D eigenvalue weighted by atomic mass is 32.2. The first kappa shape index (κ1) is 30.7. The fraction of sp³-hybridized carbons (Fsp3) is 0.448. The van der Waals surface area contributed by atoms with Gasteiger partial charge in [0, 0.05) is 6.54 Å². The minimum absolute atomic E-state index is 0.268. The maximum absolute atomic E-state index is 13.9. The second-order valence-electron chi connectivity index (χ2n) is 9.81. The Kier molecular flexibility index (Phi) is 12.2. The highest BCUT2D eigenvalue weighted by Gasteiger charge is 2.36. The second-order valence-corrected chi connectivity index (χ2v) is 10.8. The van der Waals surface area contributed by atoms with E-state index < -0.39 is 35.6 Å². The summed E-state index contributed by atoms with van der Waals surface area (Å²) in [6.07, 6.45) is 2.31. The van der Waals surface area contributed by atoms with E-state index in [1.807, 2.05) is 61.7 Å². The number of carbonyl (C=O) groups excluding carboxylic acids is 3. The maximum atomic E-state index is 13.9. The van der Waals surface area contributed by atoms with Crippen LogP contribution in [0.15, 0.2) is 54.6 Å². The molecule has 0 radical (unpaired) electrons. The molecule has 2 atom stereocenters. The molecule has 0 aliphatic carbocycles. The van der Waals surface area contributed by atoms with E-state index in [4.69, 9.17) is 4.74 Å². The van der Waals surface area contributed by atoms with Crippen molar-refractivity contribution in [3.63, 3.8) is 0 Å². The lowest BCUT2D eigenvalue weighted by atomic mass is 10.00. The van der Waals surface area contributed by atoms with Crippen molar-refractivity contribution in [1.82, 2.24) is 15.5 Å². The molecule has 2 aromatic carbocycles. The van der Waals surface area contributed by atoms with Gasteiger partial charge in [-0.05, 0) is 62.3 Å². The van der Waals surface area contributed by atoms with E-state index in [2.05, 4.69) is 10.6 Å². The smallest absolute Gasteiger partial charge is 0.408 e. The summed E-state index contributed by atoms with van der Waals surface area (Å²) in [6, 6.07) is 16.9. The molecular formula is C29H38N4O4S. The third kappa shape index (κ3) is 9.75. The lowest BCUT2D eigenvalue weighted by molar-refractivity contribution is -0.141. The zero-order chi connectivity index (χ0) is 28.1. The summed E-state index contributed by atoms with van der Waals surface area (Å²) in [6.45, 7) is 7.18. The van der Waals surface area contributed by atoms with E-state index in [1.165, 1.54) is 16.7 Å². The third-order valence-electron chi connectivity index (χ3n) is 5.70. The van der Waals surface area contributed by atoms with Gasteiger partial charge in [-0.15, -0.1) is 0 Å². The topological polar surface area (TPSA) is 112 Å². The number of rotatable bonds is 12. The van der Waals surface area contributed by atoms with Gasteiger partial charge < -0.3 is 20.3 Å². The molecule has 0 aliphatic rings. The van der Waals surface area contributed by atoms with Crippen molar-refractivity contribution in [2.45, 2.75) is 64.8 Å². The largest absolute Gasteiger partial charge is 0.444 e. The Bertz CT molecular complexity index is 1090. The quantitative estimate of drug-likeness (QED) is 0.382. The van der Waals surface area contributed by atoms with Crippen LogP contribution < -0.4 is 10.6 Å². The average Bonchev–Trinajstić information content (AvgIpc) is 2.89. The van der Waals surface area contributed by atoms with Gasteiger partial charge in [0.25, 0.3) is 0 Å². The van der Waals surface area contributed by atoms with E-state index >= 15 is 0 Å². The predicted molar refractivity (Wildman–Crippen MR) is 150 cm³/mol. The third-order valence-corrected chi connectivity index (χ3v) is 6.34. The normalized spacial score (nSPS) is 12.5. The molecule has 38 heavy (non-hydrogen) atoms. The van der Waals surface area contributed by atoms with Crippen LogP contribution in [-0.4, -0.2) is 53.0 Å². The van der Waals surface area contributed by atoms with Gasteiger partial charge in [0.1, 0.15) is 24.2 Å². The molecule has 0 heterocycles. The van der Waals surface area contributed by atoms with Gasteiger partial charge >= 0.3 is 6.09 Å². The van der Waals surface area contributed by atoms with Gasteiger partial charge in [0.15, 0.2) is 0 Å². The lowest BCUT2D eigenvalue weighted by Crippen LogP contribution is -2.53. The number of alkyl carbamates (subject to hydrolysis) is 1. The van der Waals surface area contributed by atoms with Crippen molar-refractivity contribution in [3.8, 4) is 6.07 Å². The number of hydrogen-bond donors (Lipinski definition) is 2. The predicted octanol–water partition coefficient (Wildman–Crippen LogP) is 4.61. The van der Waals surface area contributed by atoms with Gasteiger partial charge in [-0.1, -0.05) is 61.5 Å². The number of amides is 3. The first-order valence-corrected chi connectivity index (χ1v) is 14.0. The number of benzene rings is 2. The molecule has 0 saturated carbocycles. The van der Waals surface area contributed by atoms with E-state index in [9.17, 15) is 19.6 Å². The van der Waals surface area contributed by atoms with Crippen molar-refractivity contribution in [1.29, 1.82) is 5.26 Å². The molecule has 0 fully saturated rings. The summed E-state index contributed by atoms with van der Waals surface area (Å²) in [5, 5.41) is 15.2. The minimum atomic E-state index is -1.06. The fourth-order valence-electron chi connectivity index (χ4n) is 3.81. The molecular weight excluding hydrogens is 500 g/mol. The van der Waals surface area contributed by atoms with Gasteiger partial charge in [0.05, 0.1) is 6.07 Å². The van der Waals surface area contributed by atoms with Crippen LogP contribution in [0.1, 0.15) is 56.8 Å². The molecule has 0 aliphatic heterocycles. The first-order valence-electron chi connectivity index (χ1n) is 12.7. The summed E-state index contributed by atoms with van der Waals surface area (Å²) >= 11 is 1.53. The summed E-state index contributed by atoms with van der Waals surface area (Å²) in [7, 11) is 0. The van der Waals surface area contributed by atoms with Crippen LogP contribution in [0, 0.1) is 11.3 Å². The van der Waals surface area contributed by atoms with Crippen molar-refractivity contribution >= 4 is 29.7 Å². The Labute approximate surface area is 230 Å². The first-order chi connectivity index (χ1) is 18.1. The molecule has 8 nitrogen and oxygen atoms in total. The Morgan fingerprint density at radius 3 is 2.26 bits per heavy atom. The van der Waals surface area contributed by atoms with Crippen molar-refractivity contribution in [2.75, 3.05) is 18.6 Å².